The summed E-state index contributed by atoms with van der Waals surface area (Å²) in [6.07, 6.45) is 2.24. The van der Waals surface area contributed by atoms with Gasteiger partial charge in [0.1, 0.15) is 10.6 Å². The SMILES string of the molecule is Cc1cc2c(N(C)CC3CCOCC3)nc(Cl)nc2s1. The second-order valence-electron chi connectivity index (χ2n) is 5.33. The van der Waals surface area contributed by atoms with Crippen LogP contribution in [0.5, 0.6) is 0 Å². The lowest BCUT2D eigenvalue weighted by Gasteiger charge is -2.28. The number of ether oxygens (including phenoxy) is 1. The van der Waals surface area contributed by atoms with Crippen LogP contribution < -0.4 is 4.90 Å². The Morgan fingerprint density at radius 3 is 2.90 bits per heavy atom. The first kappa shape index (κ1) is 14.0. The van der Waals surface area contributed by atoms with Crippen molar-refractivity contribution >= 4 is 39.0 Å². The number of hydrogen-bond donors (Lipinski definition) is 0. The van der Waals surface area contributed by atoms with Crippen molar-refractivity contribution < 1.29 is 4.74 Å². The van der Waals surface area contributed by atoms with E-state index in [1.165, 1.54) is 4.88 Å². The zero-order valence-electron chi connectivity index (χ0n) is 11.7. The van der Waals surface area contributed by atoms with Crippen LogP contribution in [-0.2, 0) is 4.74 Å². The smallest absolute Gasteiger partial charge is 0.225 e. The summed E-state index contributed by atoms with van der Waals surface area (Å²) in [6.45, 7) is 4.81. The molecular weight excluding hydrogens is 294 g/mol. The molecule has 4 nitrogen and oxygen atoms in total. The number of halogens is 1. The van der Waals surface area contributed by atoms with Gasteiger partial charge in [-0.15, -0.1) is 11.3 Å². The van der Waals surface area contributed by atoms with Crippen LogP contribution in [0.2, 0.25) is 5.28 Å². The predicted octanol–water partition coefficient (Wildman–Crippen LogP) is 3.52. The maximum atomic E-state index is 6.06. The van der Waals surface area contributed by atoms with Crippen molar-refractivity contribution in [2.45, 2.75) is 19.8 Å². The minimum absolute atomic E-state index is 0.327. The van der Waals surface area contributed by atoms with E-state index in [1.807, 2.05) is 0 Å². The highest BCUT2D eigenvalue weighted by Crippen LogP contribution is 2.32. The molecule has 3 rings (SSSR count). The molecule has 3 heterocycles. The standard InChI is InChI=1S/C14H18ClN3OS/c1-9-7-11-12(16-14(15)17-13(11)20-9)18(2)8-10-3-5-19-6-4-10/h7,10H,3-6,8H2,1-2H3. The summed E-state index contributed by atoms with van der Waals surface area (Å²) >= 11 is 7.72. The first-order chi connectivity index (χ1) is 9.63. The molecule has 2 aromatic rings. The number of thiophene rings is 1. The molecule has 1 fully saturated rings. The Hall–Kier alpha value is -0.910. The summed E-state index contributed by atoms with van der Waals surface area (Å²) in [7, 11) is 2.08. The van der Waals surface area contributed by atoms with Gasteiger partial charge in [0.15, 0.2) is 0 Å². The van der Waals surface area contributed by atoms with Crippen molar-refractivity contribution in [3.8, 4) is 0 Å². The van der Waals surface area contributed by atoms with Crippen LogP contribution in [0.15, 0.2) is 6.07 Å². The molecule has 2 aromatic heterocycles. The van der Waals surface area contributed by atoms with Crippen LogP contribution in [0.4, 0.5) is 5.82 Å². The van der Waals surface area contributed by atoms with Gasteiger partial charge in [-0.2, -0.15) is 4.98 Å². The van der Waals surface area contributed by atoms with E-state index >= 15 is 0 Å². The Labute approximate surface area is 127 Å². The monoisotopic (exact) mass is 311 g/mol. The van der Waals surface area contributed by atoms with Crippen LogP contribution in [0.1, 0.15) is 17.7 Å². The predicted molar refractivity (Wildman–Crippen MR) is 84.0 cm³/mol. The van der Waals surface area contributed by atoms with E-state index < -0.39 is 0 Å². The average molecular weight is 312 g/mol. The molecule has 0 N–H and O–H groups in total. The molecule has 1 saturated heterocycles. The van der Waals surface area contributed by atoms with Crippen LogP contribution in [0.3, 0.4) is 0 Å². The van der Waals surface area contributed by atoms with Crippen molar-refractivity contribution in [2.24, 2.45) is 5.92 Å². The van der Waals surface area contributed by atoms with Gasteiger partial charge in [0.25, 0.3) is 0 Å². The van der Waals surface area contributed by atoms with Gasteiger partial charge in [0.2, 0.25) is 5.28 Å². The summed E-state index contributed by atoms with van der Waals surface area (Å²) in [6, 6.07) is 2.14. The highest BCUT2D eigenvalue weighted by atomic mass is 35.5. The Morgan fingerprint density at radius 1 is 1.40 bits per heavy atom. The molecule has 0 spiro atoms. The van der Waals surface area contributed by atoms with E-state index in [4.69, 9.17) is 16.3 Å². The van der Waals surface area contributed by atoms with Gasteiger partial charge in [0, 0.05) is 31.7 Å². The van der Waals surface area contributed by atoms with E-state index in [-0.39, 0.29) is 0 Å². The minimum Gasteiger partial charge on any atom is -0.381 e. The Bertz CT molecular complexity index is 610. The minimum atomic E-state index is 0.327. The third-order valence-electron chi connectivity index (χ3n) is 3.70. The molecule has 0 bridgehead atoms. The number of hydrogen-bond acceptors (Lipinski definition) is 5. The molecule has 0 atom stereocenters. The van der Waals surface area contributed by atoms with Crippen molar-refractivity contribution in [3.05, 3.63) is 16.2 Å². The fraction of sp³-hybridized carbons (Fsp3) is 0.571. The normalized spacial score (nSPS) is 16.8. The van der Waals surface area contributed by atoms with E-state index in [2.05, 4.69) is 34.9 Å². The molecular formula is C14H18ClN3OS. The number of anilines is 1. The van der Waals surface area contributed by atoms with E-state index in [1.54, 1.807) is 11.3 Å². The Kier molecular flexibility index (Phi) is 4.10. The van der Waals surface area contributed by atoms with Crippen LogP contribution in [0.25, 0.3) is 10.2 Å². The van der Waals surface area contributed by atoms with Crippen molar-refractivity contribution in [3.63, 3.8) is 0 Å². The molecule has 20 heavy (non-hydrogen) atoms. The highest BCUT2D eigenvalue weighted by Gasteiger charge is 2.19. The molecule has 108 valence electrons. The lowest BCUT2D eigenvalue weighted by molar-refractivity contribution is 0.0685. The molecule has 0 saturated carbocycles. The largest absolute Gasteiger partial charge is 0.381 e. The second-order valence-corrected chi connectivity index (χ2v) is 6.90. The third-order valence-corrected chi connectivity index (χ3v) is 4.82. The van der Waals surface area contributed by atoms with Gasteiger partial charge in [-0.3, -0.25) is 0 Å². The molecule has 1 aliphatic rings. The van der Waals surface area contributed by atoms with Crippen molar-refractivity contribution in [2.75, 3.05) is 31.7 Å². The lowest BCUT2D eigenvalue weighted by Crippen LogP contribution is -2.30. The van der Waals surface area contributed by atoms with Crippen LogP contribution >= 0.6 is 22.9 Å². The summed E-state index contributed by atoms with van der Waals surface area (Å²) in [4.78, 5) is 13.2. The topological polar surface area (TPSA) is 38.2 Å². The second kappa shape index (κ2) is 5.84. The van der Waals surface area contributed by atoms with Crippen molar-refractivity contribution in [1.82, 2.24) is 9.97 Å². The van der Waals surface area contributed by atoms with E-state index in [0.29, 0.717) is 11.2 Å². The molecule has 0 amide bonds. The molecule has 0 aliphatic carbocycles. The lowest BCUT2D eigenvalue weighted by atomic mass is 10.00. The average Bonchev–Trinajstić information content (AvgIpc) is 2.78. The summed E-state index contributed by atoms with van der Waals surface area (Å²) in [5.74, 6) is 1.60. The number of nitrogens with zero attached hydrogens (tertiary/aromatic N) is 3. The quantitative estimate of drug-likeness (QED) is 0.813. The maximum Gasteiger partial charge on any atom is 0.225 e. The fourth-order valence-electron chi connectivity index (χ4n) is 2.70. The first-order valence-electron chi connectivity index (χ1n) is 6.86. The summed E-state index contributed by atoms with van der Waals surface area (Å²) in [5.41, 5.74) is 0. The number of fused-ring (bicyclic) bond motifs is 1. The van der Waals surface area contributed by atoms with E-state index in [0.717, 1.165) is 48.6 Å². The van der Waals surface area contributed by atoms with Gasteiger partial charge < -0.3 is 9.64 Å². The molecule has 6 heteroatoms. The van der Waals surface area contributed by atoms with Gasteiger partial charge in [0.05, 0.1) is 5.39 Å². The van der Waals surface area contributed by atoms with Gasteiger partial charge in [-0.25, -0.2) is 4.98 Å². The van der Waals surface area contributed by atoms with Gasteiger partial charge in [-0.05, 0) is 43.4 Å². The van der Waals surface area contributed by atoms with Crippen LogP contribution in [-0.4, -0.2) is 36.8 Å². The third kappa shape index (κ3) is 2.90. The number of aromatic nitrogens is 2. The maximum absolute atomic E-state index is 6.06. The highest BCUT2D eigenvalue weighted by molar-refractivity contribution is 7.18. The molecule has 1 aliphatic heterocycles. The first-order valence-corrected chi connectivity index (χ1v) is 8.05. The van der Waals surface area contributed by atoms with Gasteiger partial charge in [-0.1, -0.05) is 0 Å². The fourth-order valence-corrected chi connectivity index (χ4v) is 3.78. The Morgan fingerprint density at radius 2 is 2.15 bits per heavy atom. The molecule has 0 unspecified atom stereocenters. The number of aryl methyl sites for hydroxylation is 1. The summed E-state index contributed by atoms with van der Waals surface area (Å²) in [5, 5.41) is 1.43. The van der Waals surface area contributed by atoms with Crippen molar-refractivity contribution in [1.29, 1.82) is 0 Å². The molecule has 0 radical (unpaired) electrons. The van der Waals surface area contributed by atoms with Crippen LogP contribution in [0, 0.1) is 12.8 Å². The molecule has 0 aromatic carbocycles. The zero-order valence-corrected chi connectivity index (χ0v) is 13.3. The van der Waals surface area contributed by atoms with E-state index in [9.17, 15) is 0 Å². The van der Waals surface area contributed by atoms with Gasteiger partial charge >= 0.3 is 0 Å². The zero-order chi connectivity index (χ0) is 14.1. The number of rotatable bonds is 3. The summed E-state index contributed by atoms with van der Waals surface area (Å²) < 4.78 is 5.42. The Balaban J connectivity index is 1.87.